The van der Waals surface area contributed by atoms with Gasteiger partial charge in [0.05, 0.1) is 5.92 Å². The second kappa shape index (κ2) is 7.53. The second-order valence-corrected chi connectivity index (χ2v) is 7.84. The van der Waals surface area contributed by atoms with Gasteiger partial charge in [-0.05, 0) is 61.3 Å². The molecule has 3 atom stereocenters. The lowest BCUT2D eigenvalue weighted by molar-refractivity contribution is -0.138. The molecule has 1 aliphatic carbocycles. The zero-order chi connectivity index (χ0) is 17.9. The van der Waals surface area contributed by atoms with Crippen molar-refractivity contribution >= 4 is 11.7 Å². The molecule has 1 heterocycles. The SMILES string of the molecule is O=C(O)[C@@H]1C[C@H]1CCc1ccc(N2CCC[C@H](c3ccccc3)C2)cc1. The Balaban J connectivity index is 1.34. The maximum Gasteiger partial charge on any atom is 0.306 e. The fourth-order valence-corrected chi connectivity index (χ4v) is 4.30. The first-order valence-corrected chi connectivity index (χ1v) is 9.82. The van der Waals surface area contributed by atoms with Gasteiger partial charge in [0.1, 0.15) is 0 Å². The molecule has 1 aliphatic heterocycles. The molecule has 26 heavy (non-hydrogen) atoms. The molecule has 0 aromatic heterocycles. The average Bonchev–Trinajstić information content (AvgIpc) is 3.48. The van der Waals surface area contributed by atoms with Gasteiger partial charge in [0.25, 0.3) is 0 Å². The van der Waals surface area contributed by atoms with Crippen LogP contribution in [0.4, 0.5) is 5.69 Å². The van der Waals surface area contributed by atoms with Gasteiger partial charge in [-0.1, -0.05) is 42.5 Å². The van der Waals surface area contributed by atoms with Crippen LogP contribution >= 0.6 is 0 Å². The molecule has 3 heteroatoms. The smallest absolute Gasteiger partial charge is 0.306 e. The number of hydrogen-bond acceptors (Lipinski definition) is 2. The molecule has 0 radical (unpaired) electrons. The molecule has 4 rings (SSSR count). The number of hydrogen-bond donors (Lipinski definition) is 1. The summed E-state index contributed by atoms with van der Waals surface area (Å²) in [7, 11) is 0. The number of carboxylic acids is 1. The maximum atomic E-state index is 10.9. The van der Waals surface area contributed by atoms with E-state index in [-0.39, 0.29) is 5.92 Å². The van der Waals surface area contributed by atoms with Crippen LogP contribution in [0.5, 0.6) is 0 Å². The van der Waals surface area contributed by atoms with Crippen molar-refractivity contribution in [2.24, 2.45) is 11.8 Å². The number of carboxylic acid groups (broad SMARTS) is 1. The standard InChI is InChI=1S/C23H27NO2/c25-23(26)22-15-19(22)11-8-17-9-12-21(13-10-17)24-14-4-7-20(16-24)18-5-2-1-3-6-18/h1-3,5-6,9-10,12-13,19-20,22H,4,7-8,11,14-16H2,(H,25,26)/t19-,20+,22-/m1/s1. The molecule has 3 nitrogen and oxygen atoms in total. The van der Waals surface area contributed by atoms with Gasteiger partial charge >= 0.3 is 5.97 Å². The highest BCUT2D eigenvalue weighted by molar-refractivity contribution is 5.73. The number of rotatable bonds is 6. The van der Waals surface area contributed by atoms with E-state index in [1.54, 1.807) is 0 Å². The van der Waals surface area contributed by atoms with Crippen LogP contribution in [0.15, 0.2) is 54.6 Å². The number of aliphatic carboxylic acids is 1. The minimum Gasteiger partial charge on any atom is -0.481 e. The van der Waals surface area contributed by atoms with Crippen LogP contribution < -0.4 is 4.90 Å². The predicted octanol–water partition coefficient (Wildman–Crippen LogP) is 4.72. The molecule has 0 amide bonds. The maximum absolute atomic E-state index is 10.9. The molecule has 0 unspecified atom stereocenters. The molecule has 2 aliphatic rings. The van der Waals surface area contributed by atoms with Gasteiger partial charge < -0.3 is 10.0 Å². The van der Waals surface area contributed by atoms with E-state index in [0.717, 1.165) is 32.4 Å². The van der Waals surface area contributed by atoms with Gasteiger partial charge in [0.2, 0.25) is 0 Å². The van der Waals surface area contributed by atoms with Crippen molar-refractivity contribution in [3.05, 3.63) is 65.7 Å². The fourth-order valence-electron chi connectivity index (χ4n) is 4.30. The molecule has 1 N–H and O–H groups in total. The predicted molar refractivity (Wildman–Crippen MR) is 105 cm³/mol. The summed E-state index contributed by atoms with van der Waals surface area (Å²) < 4.78 is 0. The molecule has 2 fully saturated rings. The van der Waals surface area contributed by atoms with Crippen molar-refractivity contribution in [3.8, 4) is 0 Å². The minimum atomic E-state index is -0.622. The summed E-state index contributed by atoms with van der Waals surface area (Å²) in [4.78, 5) is 13.4. The Morgan fingerprint density at radius 3 is 2.54 bits per heavy atom. The van der Waals surface area contributed by atoms with Crippen molar-refractivity contribution in [1.82, 2.24) is 0 Å². The Hall–Kier alpha value is -2.29. The number of aryl methyl sites for hydroxylation is 1. The highest BCUT2D eigenvalue weighted by Gasteiger charge is 2.42. The summed E-state index contributed by atoms with van der Waals surface area (Å²) in [5, 5.41) is 9.00. The first kappa shape index (κ1) is 17.1. The van der Waals surface area contributed by atoms with Crippen LogP contribution in [0.25, 0.3) is 0 Å². The highest BCUT2D eigenvalue weighted by atomic mass is 16.4. The first-order valence-electron chi connectivity index (χ1n) is 9.82. The molecule has 136 valence electrons. The Kier molecular flexibility index (Phi) is 4.96. The van der Waals surface area contributed by atoms with E-state index in [1.807, 2.05) is 0 Å². The van der Waals surface area contributed by atoms with Gasteiger partial charge in [0, 0.05) is 24.7 Å². The molecular formula is C23H27NO2. The summed E-state index contributed by atoms with van der Waals surface area (Å²) in [6, 6.07) is 19.8. The van der Waals surface area contributed by atoms with Gasteiger partial charge in [-0.25, -0.2) is 0 Å². The number of anilines is 1. The van der Waals surface area contributed by atoms with E-state index < -0.39 is 5.97 Å². The number of piperidine rings is 1. The minimum absolute atomic E-state index is 0.0856. The summed E-state index contributed by atoms with van der Waals surface area (Å²) in [6.07, 6.45) is 5.35. The first-order chi connectivity index (χ1) is 12.7. The van der Waals surface area contributed by atoms with E-state index >= 15 is 0 Å². The van der Waals surface area contributed by atoms with Gasteiger partial charge in [-0.15, -0.1) is 0 Å². The quantitative estimate of drug-likeness (QED) is 0.820. The van der Waals surface area contributed by atoms with Crippen molar-refractivity contribution in [1.29, 1.82) is 0 Å². The van der Waals surface area contributed by atoms with Crippen LogP contribution in [0, 0.1) is 11.8 Å². The molecule has 0 spiro atoms. The summed E-state index contributed by atoms with van der Waals surface area (Å²) in [5.41, 5.74) is 4.08. The lowest BCUT2D eigenvalue weighted by Crippen LogP contribution is -2.34. The van der Waals surface area contributed by atoms with Crippen LogP contribution in [0.3, 0.4) is 0 Å². The third-order valence-electron chi connectivity index (χ3n) is 6.04. The molecule has 0 bridgehead atoms. The van der Waals surface area contributed by atoms with Gasteiger partial charge in [-0.2, -0.15) is 0 Å². The Bertz CT molecular complexity index is 741. The summed E-state index contributed by atoms with van der Waals surface area (Å²) in [5.74, 6) is 0.300. The summed E-state index contributed by atoms with van der Waals surface area (Å²) >= 11 is 0. The zero-order valence-electron chi connectivity index (χ0n) is 15.2. The number of benzene rings is 2. The molecule has 1 saturated carbocycles. The normalized spacial score (nSPS) is 25.1. The van der Waals surface area contributed by atoms with E-state index in [1.165, 1.54) is 29.7 Å². The Labute approximate surface area is 155 Å². The van der Waals surface area contributed by atoms with E-state index in [2.05, 4.69) is 59.5 Å². The second-order valence-electron chi connectivity index (χ2n) is 7.84. The van der Waals surface area contributed by atoms with Crippen LogP contribution in [0.2, 0.25) is 0 Å². The van der Waals surface area contributed by atoms with Gasteiger partial charge in [-0.3, -0.25) is 4.79 Å². The number of carbonyl (C=O) groups is 1. The molecule has 2 aromatic rings. The van der Waals surface area contributed by atoms with Crippen LogP contribution in [-0.4, -0.2) is 24.2 Å². The van der Waals surface area contributed by atoms with Crippen molar-refractivity contribution in [2.45, 2.75) is 38.0 Å². The van der Waals surface area contributed by atoms with Crippen LogP contribution in [-0.2, 0) is 11.2 Å². The van der Waals surface area contributed by atoms with Crippen molar-refractivity contribution in [2.75, 3.05) is 18.0 Å². The molecule has 1 saturated heterocycles. The highest BCUT2D eigenvalue weighted by Crippen LogP contribution is 2.42. The third kappa shape index (κ3) is 3.92. The summed E-state index contributed by atoms with van der Waals surface area (Å²) in [6.45, 7) is 2.22. The zero-order valence-corrected chi connectivity index (χ0v) is 15.2. The monoisotopic (exact) mass is 349 g/mol. The lowest BCUT2D eigenvalue weighted by atomic mass is 9.90. The fraction of sp³-hybridized carbons (Fsp3) is 0.435. The topological polar surface area (TPSA) is 40.5 Å². The third-order valence-corrected chi connectivity index (χ3v) is 6.04. The van der Waals surface area contributed by atoms with E-state index in [0.29, 0.717) is 11.8 Å². The Morgan fingerprint density at radius 2 is 1.85 bits per heavy atom. The Morgan fingerprint density at radius 1 is 1.08 bits per heavy atom. The molecule has 2 aromatic carbocycles. The largest absolute Gasteiger partial charge is 0.481 e. The lowest BCUT2D eigenvalue weighted by Gasteiger charge is -2.34. The molecular weight excluding hydrogens is 322 g/mol. The number of nitrogens with zero attached hydrogens (tertiary/aromatic N) is 1. The van der Waals surface area contributed by atoms with Gasteiger partial charge in [0.15, 0.2) is 0 Å². The van der Waals surface area contributed by atoms with E-state index in [9.17, 15) is 4.79 Å². The van der Waals surface area contributed by atoms with Crippen LogP contribution in [0.1, 0.15) is 42.7 Å². The van der Waals surface area contributed by atoms with Crippen molar-refractivity contribution in [3.63, 3.8) is 0 Å². The van der Waals surface area contributed by atoms with E-state index in [4.69, 9.17) is 5.11 Å². The van der Waals surface area contributed by atoms with Crippen molar-refractivity contribution < 1.29 is 9.90 Å². The average molecular weight is 349 g/mol.